The molecule has 2 aromatic heterocycles. The van der Waals surface area contributed by atoms with Crippen LogP contribution in [0.3, 0.4) is 0 Å². The van der Waals surface area contributed by atoms with Crippen molar-refractivity contribution < 1.29 is 9.53 Å². The molecule has 0 saturated heterocycles. The molecule has 0 aliphatic carbocycles. The number of nitrogens with one attached hydrogen (secondary N) is 1. The number of hydrogen-bond donors (Lipinski definition) is 1. The van der Waals surface area contributed by atoms with Crippen molar-refractivity contribution in [3.8, 4) is 17.1 Å². The molecule has 0 unspecified atom stereocenters. The number of carbonyl (C=O) groups is 1. The molecule has 4 rings (SSSR count). The largest absolute Gasteiger partial charge is 0.491 e. The van der Waals surface area contributed by atoms with Crippen LogP contribution in [-0.2, 0) is 7.05 Å². The zero-order valence-corrected chi connectivity index (χ0v) is 17.4. The van der Waals surface area contributed by atoms with Crippen molar-refractivity contribution in [2.45, 2.75) is 13.0 Å². The molecule has 1 N–H and O–H groups in total. The topological polar surface area (TPSA) is 69.0 Å². The zero-order valence-electron chi connectivity index (χ0n) is 16.7. The molecule has 1 atom stereocenters. The quantitative estimate of drug-likeness (QED) is 0.499. The van der Waals surface area contributed by atoms with Crippen molar-refractivity contribution in [2.75, 3.05) is 6.61 Å². The number of pyridine rings is 1. The summed E-state index contributed by atoms with van der Waals surface area (Å²) in [6.07, 6.45) is 1.85. The number of nitrogens with zero attached hydrogens (tertiary/aromatic N) is 3. The van der Waals surface area contributed by atoms with Gasteiger partial charge >= 0.3 is 0 Å². The van der Waals surface area contributed by atoms with E-state index in [2.05, 4.69) is 15.4 Å². The second-order valence-corrected chi connectivity index (χ2v) is 7.52. The summed E-state index contributed by atoms with van der Waals surface area (Å²) in [6, 6.07) is 18.2. The first-order valence-electron chi connectivity index (χ1n) is 9.58. The SMILES string of the molecule is C[C@H](COc1ccc(Cl)cc1)NC(=O)c1cc(-c2ccn(C)n2)nc2ccccc12. The third-order valence-electron chi connectivity index (χ3n) is 4.63. The molecular weight excluding hydrogens is 400 g/mol. The summed E-state index contributed by atoms with van der Waals surface area (Å²) in [5, 5.41) is 8.86. The fraction of sp³-hybridized carbons (Fsp3) is 0.174. The highest BCUT2D eigenvalue weighted by Gasteiger charge is 2.17. The average Bonchev–Trinajstić information content (AvgIpc) is 3.19. The molecule has 7 heteroatoms. The average molecular weight is 421 g/mol. The van der Waals surface area contributed by atoms with E-state index in [0.29, 0.717) is 28.6 Å². The lowest BCUT2D eigenvalue weighted by Gasteiger charge is -2.16. The second kappa shape index (κ2) is 8.55. The number of amides is 1. The Hall–Kier alpha value is -3.38. The number of carbonyl (C=O) groups excluding carboxylic acids is 1. The Balaban J connectivity index is 1.55. The molecule has 30 heavy (non-hydrogen) atoms. The standard InChI is InChI=1S/C23H21ClN4O2/c1-15(14-30-17-9-7-16(24)8-10-17)25-23(29)19-13-22(21-11-12-28(2)27-21)26-20-6-4-3-5-18(19)20/h3-13,15H,14H2,1-2H3,(H,25,29)/t15-/m1/s1. The maximum Gasteiger partial charge on any atom is 0.252 e. The Labute approximate surface area is 179 Å². The van der Waals surface area contributed by atoms with Crippen molar-refractivity contribution >= 4 is 28.4 Å². The number of para-hydroxylation sites is 1. The third-order valence-corrected chi connectivity index (χ3v) is 4.88. The van der Waals surface area contributed by atoms with Gasteiger partial charge in [-0.15, -0.1) is 0 Å². The summed E-state index contributed by atoms with van der Waals surface area (Å²) in [6.45, 7) is 2.24. The van der Waals surface area contributed by atoms with Crippen molar-refractivity contribution in [1.29, 1.82) is 0 Å². The lowest BCUT2D eigenvalue weighted by Crippen LogP contribution is -2.37. The van der Waals surface area contributed by atoms with Crippen LogP contribution in [0.4, 0.5) is 0 Å². The molecule has 152 valence electrons. The minimum atomic E-state index is -0.196. The molecule has 1 amide bonds. The molecule has 0 bridgehead atoms. The summed E-state index contributed by atoms with van der Waals surface area (Å²) in [4.78, 5) is 17.7. The van der Waals surface area contributed by atoms with E-state index in [1.54, 1.807) is 35.0 Å². The van der Waals surface area contributed by atoms with Gasteiger partial charge in [0, 0.05) is 23.7 Å². The number of aryl methyl sites for hydroxylation is 1. The van der Waals surface area contributed by atoms with Crippen molar-refractivity contribution in [3.05, 3.63) is 77.4 Å². The number of halogens is 1. The fourth-order valence-electron chi connectivity index (χ4n) is 3.14. The van der Waals surface area contributed by atoms with Crippen LogP contribution >= 0.6 is 11.6 Å². The summed E-state index contributed by atoms with van der Waals surface area (Å²) in [5.74, 6) is 0.519. The van der Waals surface area contributed by atoms with Crippen LogP contribution in [0.2, 0.25) is 5.02 Å². The first kappa shape index (κ1) is 19.9. The summed E-state index contributed by atoms with van der Waals surface area (Å²) in [7, 11) is 1.85. The van der Waals surface area contributed by atoms with Crippen LogP contribution in [0, 0.1) is 0 Å². The first-order valence-corrected chi connectivity index (χ1v) is 9.96. The highest BCUT2D eigenvalue weighted by molar-refractivity contribution is 6.30. The Morgan fingerprint density at radius 1 is 1.13 bits per heavy atom. The maximum atomic E-state index is 13.1. The van der Waals surface area contributed by atoms with E-state index in [-0.39, 0.29) is 11.9 Å². The number of aromatic nitrogens is 3. The number of hydrogen-bond acceptors (Lipinski definition) is 4. The number of rotatable bonds is 6. The van der Waals surface area contributed by atoms with Gasteiger partial charge in [0.15, 0.2) is 0 Å². The predicted molar refractivity (Wildman–Crippen MR) is 118 cm³/mol. The van der Waals surface area contributed by atoms with Gasteiger partial charge in [0.2, 0.25) is 0 Å². The molecule has 2 heterocycles. The third kappa shape index (κ3) is 4.44. The maximum absolute atomic E-state index is 13.1. The van der Waals surface area contributed by atoms with E-state index in [1.165, 1.54) is 0 Å². The van der Waals surface area contributed by atoms with Crippen LogP contribution in [0.25, 0.3) is 22.3 Å². The summed E-state index contributed by atoms with van der Waals surface area (Å²) >= 11 is 5.89. The molecule has 0 saturated carbocycles. The van der Waals surface area contributed by atoms with E-state index in [0.717, 1.165) is 16.6 Å². The lowest BCUT2D eigenvalue weighted by atomic mass is 10.1. The normalized spacial score (nSPS) is 12.0. The van der Waals surface area contributed by atoms with Gasteiger partial charge in [-0.25, -0.2) is 4.98 Å². The number of ether oxygens (including phenoxy) is 1. The van der Waals surface area contributed by atoms with Crippen molar-refractivity contribution in [1.82, 2.24) is 20.1 Å². The second-order valence-electron chi connectivity index (χ2n) is 7.09. The van der Waals surface area contributed by atoms with E-state index in [1.807, 2.05) is 50.5 Å². The molecule has 0 aliphatic rings. The van der Waals surface area contributed by atoms with E-state index >= 15 is 0 Å². The highest BCUT2D eigenvalue weighted by atomic mass is 35.5. The van der Waals surface area contributed by atoms with E-state index < -0.39 is 0 Å². The van der Waals surface area contributed by atoms with Crippen LogP contribution in [0.1, 0.15) is 17.3 Å². The smallest absolute Gasteiger partial charge is 0.252 e. The van der Waals surface area contributed by atoms with Crippen molar-refractivity contribution in [3.63, 3.8) is 0 Å². The molecule has 2 aromatic carbocycles. The molecule has 4 aromatic rings. The zero-order chi connectivity index (χ0) is 21.1. The van der Waals surface area contributed by atoms with E-state index in [9.17, 15) is 4.79 Å². The van der Waals surface area contributed by atoms with Gasteiger partial charge < -0.3 is 10.1 Å². The molecule has 6 nitrogen and oxygen atoms in total. The molecule has 0 radical (unpaired) electrons. The van der Waals surface area contributed by atoms with Gasteiger partial charge in [0.05, 0.1) is 22.8 Å². The van der Waals surface area contributed by atoms with Gasteiger partial charge in [0.25, 0.3) is 5.91 Å². The van der Waals surface area contributed by atoms with Crippen LogP contribution < -0.4 is 10.1 Å². The van der Waals surface area contributed by atoms with Gasteiger partial charge in [-0.3, -0.25) is 9.48 Å². The minimum absolute atomic E-state index is 0.182. The monoisotopic (exact) mass is 420 g/mol. The summed E-state index contributed by atoms with van der Waals surface area (Å²) in [5.41, 5.74) is 2.68. The predicted octanol–water partition coefficient (Wildman–Crippen LogP) is 4.49. The number of fused-ring (bicyclic) bond motifs is 1. The van der Waals surface area contributed by atoms with Crippen molar-refractivity contribution in [2.24, 2.45) is 7.05 Å². The van der Waals surface area contributed by atoms with E-state index in [4.69, 9.17) is 16.3 Å². The van der Waals surface area contributed by atoms with Gasteiger partial charge in [-0.05, 0) is 49.4 Å². The Morgan fingerprint density at radius 3 is 2.63 bits per heavy atom. The van der Waals surface area contributed by atoms with Gasteiger partial charge in [-0.2, -0.15) is 5.10 Å². The first-order chi connectivity index (χ1) is 14.5. The Bertz CT molecular complexity index is 1190. The van der Waals surface area contributed by atoms with Gasteiger partial charge in [0.1, 0.15) is 18.1 Å². The van der Waals surface area contributed by atoms with Gasteiger partial charge in [-0.1, -0.05) is 29.8 Å². The number of benzene rings is 2. The van der Waals surface area contributed by atoms with Crippen LogP contribution in [0.5, 0.6) is 5.75 Å². The Morgan fingerprint density at radius 2 is 1.90 bits per heavy atom. The fourth-order valence-corrected chi connectivity index (χ4v) is 3.27. The molecule has 0 aliphatic heterocycles. The van der Waals surface area contributed by atoms with Crippen LogP contribution in [-0.4, -0.2) is 33.3 Å². The summed E-state index contributed by atoms with van der Waals surface area (Å²) < 4.78 is 7.45. The highest BCUT2D eigenvalue weighted by Crippen LogP contribution is 2.24. The molecule has 0 spiro atoms. The van der Waals surface area contributed by atoms with Crippen LogP contribution in [0.15, 0.2) is 66.9 Å². The minimum Gasteiger partial charge on any atom is -0.491 e. The molecular formula is C23H21ClN4O2. The molecule has 0 fully saturated rings. The lowest BCUT2D eigenvalue weighted by molar-refractivity contribution is 0.0928. The Kier molecular flexibility index (Phi) is 5.68.